The van der Waals surface area contributed by atoms with E-state index in [9.17, 15) is 43.5 Å². The lowest BCUT2D eigenvalue weighted by Crippen LogP contribution is -2.59. The lowest BCUT2D eigenvalue weighted by atomic mass is 10.0. The van der Waals surface area contributed by atoms with E-state index in [0.29, 0.717) is 24.8 Å². The molecule has 3 heterocycles. The van der Waals surface area contributed by atoms with Crippen LogP contribution in [0, 0.1) is 5.92 Å². The first-order valence-electron chi connectivity index (χ1n) is 17.3. The van der Waals surface area contributed by atoms with Gasteiger partial charge in [-0.15, -0.1) is 0 Å². The van der Waals surface area contributed by atoms with Crippen LogP contribution in [-0.4, -0.2) is 118 Å². The summed E-state index contributed by atoms with van der Waals surface area (Å²) >= 11 is 0. The Morgan fingerprint density at radius 3 is 1.94 bits per heavy atom. The molecule has 278 valence electrons. The second-order valence-corrected chi connectivity index (χ2v) is 13.7. The number of amides is 8. The number of benzene rings is 1. The SMILES string of the molecule is CC(C)CC1NC(=O)CNC(=O)C2CCCN2C(=O)C(CC(N)=O)NC(=O)C(C)NC(=O)C(Cc2ccc(O)cc2)NC(=O)C2CCCN2C1=O. The summed E-state index contributed by atoms with van der Waals surface area (Å²) in [5, 5.41) is 22.7. The van der Waals surface area contributed by atoms with E-state index < -0.39 is 96.5 Å². The minimum absolute atomic E-state index is 0.00643. The van der Waals surface area contributed by atoms with Crippen molar-refractivity contribution >= 4 is 47.3 Å². The van der Waals surface area contributed by atoms with Gasteiger partial charge in [0.25, 0.3) is 0 Å². The van der Waals surface area contributed by atoms with E-state index in [-0.39, 0.29) is 44.0 Å². The number of nitrogens with zero attached hydrogens (tertiary/aromatic N) is 2. The molecule has 3 saturated heterocycles. The van der Waals surface area contributed by atoms with Gasteiger partial charge in [-0.05, 0) is 62.6 Å². The van der Waals surface area contributed by atoms with Gasteiger partial charge < -0.3 is 47.2 Å². The Hall–Kier alpha value is -5.22. The number of hydrogen-bond donors (Lipinski definition) is 7. The minimum Gasteiger partial charge on any atom is -0.508 e. The highest BCUT2D eigenvalue weighted by Crippen LogP contribution is 2.22. The van der Waals surface area contributed by atoms with Crippen LogP contribution in [0.25, 0.3) is 0 Å². The Morgan fingerprint density at radius 2 is 1.35 bits per heavy atom. The van der Waals surface area contributed by atoms with Gasteiger partial charge in [-0.2, -0.15) is 0 Å². The number of phenols is 1. The third-order valence-electron chi connectivity index (χ3n) is 9.22. The maximum Gasteiger partial charge on any atom is 0.246 e. The largest absolute Gasteiger partial charge is 0.508 e. The summed E-state index contributed by atoms with van der Waals surface area (Å²) in [6, 6.07) is -0.934. The number of primary amides is 1. The summed E-state index contributed by atoms with van der Waals surface area (Å²) < 4.78 is 0. The summed E-state index contributed by atoms with van der Waals surface area (Å²) in [6.07, 6.45) is 1.13. The lowest BCUT2D eigenvalue weighted by molar-refractivity contribution is -0.143. The molecule has 17 heteroatoms. The van der Waals surface area contributed by atoms with Crippen LogP contribution in [0.3, 0.4) is 0 Å². The molecule has 0 saturated carbocycles. The molecule has 3 aliphatic heterocycles. The highest BCUT2D eigenvalue weighted by molar-refractivity contribution is 5.99. The number of phenolic OH excluding ortho intramolecular Hbond substituents is 1. The number of hydrogen-bond acceptors (Lipinski definition) is 9. The molecule has 0 bridgehead atoms. The molecule has 0 spiro atoms. The number of carbonyl (C=O) groups is 8. The second kappa shape index (κ2) is 17.1. The average Bonchev–Trinajstić information content (AvgIpc) is 3.76. The van der Waals surface area contributed by atoms with E-state index in [0.717, 1.165) is 0 Å². The zero-order chi connectivity index (χ0) is 37.4. The van der Waals surface area contributed by atoms with Crippen LogP contribution in [0.1, 0.15) is 64.9 Å². The first-order chi connectivity index (χ1) is 24.1. The fourth-order valence-electron chi connectivity index (χ4n) is 6.65. The van der Waals surface area contributed by atoms with Crippen LogP contribution in [0.4, 0.5) is 0 Å². The molecule has 3 aliphatic rings. The van der Waals surface area contributed by atoms with Gasteiger partial charge in [-0.3, -0.25) is 38.4 Å². The maximum absolute atomic E-state index is 13.9. The summed E-state index contributed by atoms with van der Waals surface area (Å²) in [5.41, 5.74) is 5.98. The Labute approximate surface area is 295 Å². The first kappa shape index (κ1) is 38.6. The van der Waals surface area contributed by atoms with Gasteiger partial charge in [0.15, 0.2) is 0 Å². The van der Waals surface area contributed by atoms with Crippen molar-refractivity contribution in [1.82, 2.24) is 36.4 Å². The quantitative estimate of drug-likeness (QED) is 0.171. The van der Waals surface area contributed by atoms with E-state index in [4.69, 9.17) is 5.73 Å². The predicted molar refractivity (Wildman–Crippen MR) is 181 cm³/mol. The molecule has 4 rings (SSSR count). The second-order valence-electron chi connectivity index (χ2n) is 13.7. The van der Waals surface area contributed by atoms with Crippen LogP contribution >= 0.6 is 0 Å². The normalized spacial score (nSPS) is 27.4. The molecule has 17 nitrogen and oxygen atoms in total. The number of rotatable bonds is 6. The fraction of sp³-hybridized carbons (Fsp3) is 0.588. The predicted octanol–water partition coefficient (Wildman–Crippen LogP) is -2.07. The minimum atomic E-state index is -1.45. The summed E-state index contributed by atoms with van der Waals surface area (Å²) in [4.78, 5) is 109. The van der Waals surface area contributed by atoms with E-state index in [1.54, 1.807) is 12.1 Å². The number of nitrogens with one attached hydrogen (secondary N) is 5. The number of carbonyl (C=O) groups excluding carboxylic acids is 8. The molecule has 1 aromatic carbocycles. The van der Waals surface area contributed by atoms with E-state index in [2.05, 4.69) is 26.6 Å². The van der Waals surface area contributed by atoms with Gasteiger partial charge >= 0.3 is 0 Å². The zero-order valence-electron chi connectivity index (χ0n) is 29.1. The molecule has 8 amide bonds. The number of nitrogens with two attached hydrogens (primary N) is 1. The van der Waals surface area contributed by atoms with Crippen molar-refractivity contribution in [2.45, 2.75) is 102 Å². The van der Waals surface area contributed by atoms with Crippen molar-refractivity contribution in [1.29, 1.82) is 0 Å². The fourth-order valence-corrected chi connectivity index (χ4v) is 6.65. The van der Waals surface area contributed by atoms with Gasteiger partial charge in [0.1, 0.15) is 42.0 Å². The molecule has 8 N–H and O–H groups in total. The Balaban J connectivity index is 1.68. The van der Waals surface area contributed by atoms with Gasteiger partial charge in [-0.1, -0.05) is 26.0 Å². The zero-order valence-corrected chi connectivity index (χ0v) is 29.1. The molecule has 6 unspecified atom stereocenters. The Morgan fingerprint density at radius 1 is 0.784 bits per heavy atom. The highest BCUT2D eigenvalue weighted by atomic mass is 16.3. The molecule has 3 fully saturated rings. The first-order valence-corrected chi connectivity index (χ1v) is 17.3. The van der Waals surface area contributed by atoms with E-state index in [1.807, 2.05) is 13.8 Å². The standard InChI is InChI=1S/C34H48N8O9/c1-18(2)14-23-33(50)42-13-5-7-26(42)32(49)39-22(15-20-8-10-21(43)11-9-20)30(47)37-19(3)29(46)40-24(16-27(35)44)34(51)41-12-4-6-25(41)31(48)36-17-28(45)38-23/h8-11,18-19,22-26,43H,4-7,12-17H2,1-3H3,(H2,35,44)(H,36,48)(H,37,47)(H,38,45)(H,39,49)(H,40,46). The van der Waals surface area contributed by atoms with Crippen molar-refractivity contribution in [3.63, 3.8) is 0 Å². The van der Waals surface area contributed by atoms with Crippen molar-refractivity contribution in [3.05, 3.63) is 29.8 Å². The molecule has 1 aromatic rings. The van der Waals surface area contributed by atoms with Gasteiger partial charge in [-0.25, -0.2) is 0 Å². The summed E-state index contributed by atoms with van der Waals surface area (Å²) in [7, 11) is 0. The topological polar surface area (TPSA) is 249 Å². The Kier molecular flexibility index (Phi) is 13.0. The van der Waals surface area contributed by atoms with Crippen LogP contribution in [0.2, 0.25) is 0 Å². The van der Waals surface area contributed by atoms with E-state index >= 15 is 0 Å². The van der Waals surface area contributed by atoms with Crippen LogP contribution in [0.5, 0.6) is 5.75 Å². The summed E-state index contributed by atoms with van der Waals surface area (Å²) in [6.45, 7) is 4.99. The highest BCUT2D eigenvalue weighted by Gasteiger charge is 2.41. The lowest BCUT2D eigenvalue weighted by Gasteiger charge is -2.30. The molecule has 0 radical (unpaired) electrons. The molecule has 51 heavy (non-hydrogen) atoms. The summed E-state index contributed by atoms with van der Waals surface area (Å²) in [5.74, 6) is -5.62. The van der Waals surface area contributed by atoms with Crippen molar-refractivity contribution in [2.24, 2.45) is 11.7 Å². The van der Waals surface area contributed by atoms with Crippen molar-refractivity contribution < 1.29 is 43.5 Å². The van der Waals surface area contributed by atoms with Gasteiger partial charge in [0.2, 0.25) is 47.3 Å². The smallest absolute Gasteiger partial charge is 0.246 e. The maximum atomic E-state index is 13.9. The number of fused-ring (bicyclic) bond motifs is 2. The number of aromatic hydroxyl groups is 1. The third-order valence-corrected chi connectivity index (χ3v) is 9.22. The Bertz CT molecular complexity index is 1520. The van der Waals surface area contributed by atoms with Crippen LogP contribution < -0.4 is 32.3 Å². The van der Waals surface area contributed by atoms with Crippen LogP contribution in [0.15, 0.2) is 24.3 Å². The van der Waals surface area contributed by atoms with Gasteiger partial charge in [0.05, 0.1) is 13.0 Å². The average molecular weight is 713 g/mol. The van der Waals surface area contributed by atoms with Crippen molar-refractivity contribution in [3.8, 4) is 5.75 Å². The molecular weight excluding hydrogens is 664 g/mol. The molecule has 0 aliphatic carbocycles. The molecule has 0 aromatic heterocycles. The molecule has 6 atom stereocenters. The van der Waals surface area contributed by atoms with Crippen LogP contribution in [-0.2, 0) is 44.8 Å². The van der Waals surface area contributed by atoms with Crippen molar-refractivity contribution in [2.75, 3.05) is 19.6 Å². The van der Waals surface area contributed by atoms with Gasteiger partial charge in [0, 0.05) is 19.5 Å². The monoisotopic (exact) mass is 712 g/mol. The molecular formula is C34H48N8O9. The third kappa shape index (κ3) is 10.2. The van der Waals surface area contributed by atoms with E-state index in [1.165, 1.54) is 28.9 Å².